The van der Waals surface area contributed by atoms with Crippen molar-refractivity contribution in [3.8, 4) is 0 Å². The van der Waals surface area contributed by atoms with Crippen molar-refractivity contribution in [1.29, 1.82) is 0 Å². The molecule has 0 aromatic carbocycles. The highest BCUT2D eigenvalue weighted by atomic mass is 16.5. The molecular formula is C7H15NO. The van der Waals surface area contributed by atoms with E-state index in [2.05, 4.69) is 6.92 Å². The third kappa shape index (κ3) is 1.95. The van der Waals surface area contributed by atoms with Gasteiger partial charge in [-0.1, -0.05) is 13.3 Å². The number of piperidine rings is 1. The van der Waals surface area contributed by atoms with Crippen LogP contribution in [0.4, 0.5) is 0 Å². The van der Waals surface area contributed by atoms with Crippen molar-refractivity contribution in [2.75, 3.05) is 13.1 Å². The maximum Gasteiger partial charge on any atom is 0.0240 e. The molecule has 2 heteroatoms. The van der Waals surface area contributed by atoms with Crippen LogP contribution in [0.25, 0.3) is 0 Å². The Morgan fingerprint density at radius 3 is 2.44 bits per heavy atom. The Balaban J connectivity index is 2.18. The molecule has 1 N–H and O–H groups in total. The molecule has 0 aromatic heterocycles. The van der Waals surface area contributed by atoms with Crippen LogP contribution in [0.2, 0.25) is 0 Å². The van der Waals surface area contributed by atoms with Gasteiger partial charge in [0.05, 0.1) is 0 Å². The predicted molar refractivity (Wildman–Crippen MR) is 36.4 cm³/mol. The standard InChI is InChI=1S/C7H15NO/c1-2-7-3-5-8(9)6-4-7/h7,9H,2-6H2,1H3. The first-order chi connectivity index (χ1) is 4.33. The average molecular weight is 129 g/mol. The van der Waals surface area contributed by atoms with E-state index in [0.717, 1.165) is 19.0 Å². The normalized spacial score (nSPS) is 24.7. The van der Waals surface area contributed by atoms with Crippen molar-refractivity contribution in [2.24, 2.45) is 5.92 Å². The summed E-state index contributed by atoms with van der Waals surface area (Å²) in [5, 5.41) is 10.4. The quantitative estimate of drug-likeness (QED) is 0.580. The topological polar surface area (TPSA) is 23.5 Å². The number of rotatable bonds is 1. The van der Waals surface area contributed by atoms with Crippen LogP contribution in [0, 0.1) is 5.92 Å². The van der Waals surface area contributed by atoms with Crippen LogP contribution in [-0.2, 0) is 0 Å². The van der Waals surface area contributed by atoms with Crippen LogP contribution in [0.3, 0.4) is 0 Å². The molecule has 9 heavy (non-hydrogen) atoms. The third-order valence-corrected chi connectivity index (χ3v) is 2.17. The molecule has 1 saturated heterocycles. The zero-order chi connectivity index (χ0) is 6.69. The first-order valence-electron chi connectivity index (χ1n) is 3.76. The van der Waals surface area contributed by atoms with Crippen LogP contribution >= 0.6 is 0 Å². The third-order valence-electron chi connectivity index (χ3n) is 2.17. The smallest absolute Gasteiger partial charge is 0.0240 e. The lowest BCUT2D eigenvalue weighted by Gasteiger charge is -2.26. The molecule has 1 aliphatic heterocycles. The molecule has 0 bridgehead atoms. The molecule has 1 aliphatic rings. The Morgan fingerprint density at radius 1 is 1.44 bits per heavy atom. The monoisotopic (exact) mass is 129 g/mol. The SMILES string of the molecule is CCC1CCN(O)CC1. The first kappa shape index (κ1) is 7.03. The summed E-state index contributed by atoms with van der Waals surface area (Å²) in [6.45, 7) is 3.97. The van der Waals surface area contributed by atoms with E-state index in [1.54, 1.807) is 0 Å². The molecule has 2 nitrogen and oxygen atoms in total. The van der Waals surface area contributed by atoms with Crippen LogP contribution < -0.4 is 0 Å². The number of nitrogens with zero attached hydrogens (tertiary/aromatic N) is 1. The predicted octanol–water partition coefficient (Wildman–Crippen LogP) is 1.50. The molecule has 0 atom stereocenters. The van der Waals surface area contributed by atoms with Gasteiger partial charge in [0.2, 0.25) is 0 Å². The molecule has 0 amide bonds. The average Bonchev–Trinajstić information content (AvgIpc) is 1.90. The number of hydrogen-bond acceptors (Lipinski definition) is 2. The molecule has 0 aromatic rings. The van der Waals surface area contributed by atoms with E-state index in [1.807, 2.05) is 0 Å². The highest BCUT2D eigenvalue weighted by Crippen LogP contribution is 2.17. The number of hydrogen-bond donors (Lipinski definition) is 1. The van der Waals surface area contributed by atoms with Crippen LogP contribution in [0.5, 0.6) is 0 Å². The summed E-state index contributed by atoms with van der Waals surface area (Å²) in [6.07, 6.45) is 3.62. The maximum absolute atomic E-state index is 8.96. The van der Waals surface area contributed by atoms with Gasteiger partial charge in [-0.15, -0.1) is 0 Å². The van der Waals surface area contributed by atoms with Crippen molar-refractivity contribution >= 4 is 0 Å². The lowest BCUT2D eigenvalue weighted by molar-refractivity contribution is -0.112. The molecule has 0 spiro atoms. The minimum absolute atomic E-state index is 0.869. The Labute approximate surface area is 56.4 Å². The second-order valence-electron chi connectivity index (χ2n) is 2.81. The summed E-state index contributed by atoms with van der Waals surface area (Å²) >= 11 is 0. The van der Waals surface area contributed by atoms with Gasteiger partial charge in [-0.2, -0.15) is 5.06 Å². The molecule has 0 aliphatic carbocycles. The van der Waals surface area contributed by atoms with E-state index in [1.165, 1.54) is 24.3 Å². The molecule has 54 valence electrons. The van der Waals surface area contributed by atoms with Gasteiger partial charge >= 0.3 is 0 Å². The van der Waals surface area contributed by atoms with Crippen LogP contribution in [-0.4, -0.2) is 23.4 Å². The maximum atomic E-state index is 8.96. The largest absolute Gasteiger partial charge is 0.314 e. The summed E-state index contributed by atoms with van der Waals surface area (Å²) in [4.78, 5) is 0. The summed E-state index contributed by atoms with van der Waals surface area (Å²) < 4.78 is 0. The molecular weight excluding hydrogens is 114 g/mol. The second kappa shape index (κ2) is 3.18. The highest BCUT2D eigenvalue weighted by molar-refractivity contribution is 4.65. The van der Waals surface area contributed by atoms with E-state index in [0.29, 0.717) is 0 Å². The minimum atomic E-state index is 0.869. The van der Waals surface area contributed by atoms with E-state index in [4.69, 9.17) is 5.21 Å². The molecule has 1 rings (SSSR count). The molecule has 0 radical (unpaired) electrons. The fourth-order valence-electron chi connectivity index (χ4n) is 1.33. The lowest BCUT2D eigenvalue weighted by atomic mass is 9.96. The molecule has 0 saturated carbocycles. The fourth-order valence-corrected chi connectivity index (χ4v) is 1.33. The van der Waals surface area contributed by atoms with Crippen molar-refractivity contribution in [3.63, 3.8) is 0 Å². The van der Waals surface area contributed by atoms with Gasteiger partial charge in [0.25, 0.3) is 0 Å². The zero-order valence-electron chi connectivity index (χ0n) is 6.01. The van der Waals surface area contributed by atoms with Gasteiger partial charge in [-0.25, -0.2) is 0 Å². The van der Waals surface area contributed by atoms with Crippen molar-refractivity contribution in [3.05, 3.63) is 0 Å². The number of hydroxylamine groups is 2. The first-order valence-corrected chi connectivity index (χ1v) is 3.76. The summed E-state index contributed by atoms with van der Waals surface area (Å²) in [7, 11) is 0. The van der Waals surface area contributed by atoms with Gasteiger partial charge in [-0.05, 0) is 18.8 Å². The Morgan fingerprint density at radius 2 is 2.00 bits per heavy atom. The van der Waals surface area contributed by atoms with Crippen LogP contribution in [0.15, 0.2) is 0 Å². The highest BCUT2D eigenvalue weighted by Gasteiger charge is 2.14. The molecule has 0 unspecified atom stereocenters. The van der Waals surface area contributed by atoms with E-state index >= 15 is 0 Å². The van der Waals surface area contributed by atoms with Crippen LogP contribution in [0.1, 0.15) is 26.2 Å². The van der Waals surface area contributed by atoms with Gasteiger partial charge in [0, 0.05) is 13.1 Å². The van der Waals surface area contributed by atoms with Crippen molar-refractivity contribution < 1.29 is 5.21 Å². The Hall–Kier alpha value is -0.0800. The lowest BCUT2D eigenvalue weighted by Crippen LogP contribution is -2.30. The summed E-state index contributed by atoms with van der Waals surface area (Å²) in [5.41, 5.74) is 0. The molecule has 1 heterocycles. The summed E-state index contributed by atoms with van der Waals surface area (Å²) in [5.74, 6) is 0.869. The van der Waals surface area contributed by atoms with E-state index in [9.17, 15) is 0 Å². The van der Waals surface area contributed by atoms with E-state index < -0.39 is 0 Å². The van der Waals surface area contributed by atoms with Gasteiger partial charge in [-0.3, -0.25) is 0 Å². The van der Waals surface area contributed by atoms with E-state index in [-0.39, 0.29) is 0 Å². The summed E-state index contributed by atoms with van der Waals surface area (Å²) in [6, 6.07) is 0. The van der Waals surface area contributed by atoms with Gasteiger partial charge < -0.3 is 5.21 Å². The van der Waals surface area contributed by atoms with Gasteiger partial charge in [0.15, 0.2) is 0 Å². The van der Waals surface area contributed by atoms with Crippen molar-refractivity contribution in [1.82, 2.24) is 5.06 Å². The molecule has 1 fully saturated rings. The Bertz CT molecular complexity index is 77.0. The fraction of sp³-hybridized carbons (Fsp3) is 1.00. The minimum Gasteiger partial charge on any atom is -0.314 e. The van der Waals surface area contributed by atoms with Crippen molar-refractivity contribution in [2.45, 2.75) is 26.2 Å². The Kier molecular flexibility index (Phi) is 2.49. The van der Waals surface area contributed by atoms with Gasteiger partial charge in [0.1, 0.15) is 0 Å². The second-order valence-corrected chi connectivity index (χ2v) is 2.81. The zero-order valence-corrected chi connectivity index (χ0v) is 6.01.